The average Bonchev–Trinajstić information content (AvgIpc) is 2.91. The third-order valence-electron chi connectivity index (χ3n) is 3.77. The van der Waals surface area contributed by atoms with Gasteiger partial charge >= 0.3 is 0 Å². The van der Waals surface area contributed by atoms with Crippen LogP contribution >= 0.6 is 11.6 Å². The molecule has 1 aromatic heterocycles. The second-order valence-electron chi connectivity index (χ2n) is 5.01. The summed E-state index contributed by atoms with van der Waals surface area (Å²) in [7, 11) is 0. The lowest BCUT2D eigenvalue weighted by Crippen LogP contribution is -2.49. The van der Waals surface area contributed by atoms with Crippen LogP contribution in [0.2, 0.25) is 0 Å². The van der Waals surface area contributed by atoms with E-state index in [4.69, 9.17) is 11.6 Å². The van der Waals surface area contributed by atoms with Crippen LogP contribution in [0, 0.1) is 0 Å². The molecule has 0 aromatic carbocycles. The zero-order valence-electron chi connectivity index (χ0n) is 12.3. The molecule has 0 N–H and O–H groups in total. The second-order valence-corrected chi connectivity index (χ2v) is 5.39. The molecule has 6 heteroatoms. The van der Waals surface area contributed by atoms with E-state index < -0.39 is 0 Å². The molecule has 0 aliphatic carbocycles. The van der Waals surface area contributed by atoms with Gasteiger partial charge in [-0.25, -0.2) is 0 Å². The molecule has 0 saturated carbocycles. The fourth-order valence-corrected chi connectivity index (χ4v) is 2.75. The van der Waals surface area contributed by atoms with Crippen LogP contribution in [-0.2, 0) is 13.0 Å². The quantitative estimate of drug-likeness (QED) is 0.773. The van der Waals surface area contributed by atoms with Crippen molar-refractivity contribution < 1.29 is 4.79 Å². The molecule has 1 aliphatic heterocycles. The number of amides is 1. The molecule has 2 heterocycles. The van der Waals surface area contributed by atoms with Crippen molar-refractivity contribution in [3.8, 4) is 0 Å². The number of piperazine rings is 1. The SMILES string of the molecule is CCc1cc(C(=O)N2CCN(CCCl)CC2)n(CC)n1. The van der Waals surface area contributed by atoms with Crippen molar-refractivity contribution in [3.63, 3.8) is 0 Å². The van der Waals surface area contributed by atoms with Crippen molar-refractivity contribution in [3.05, 3.63) is 17.5 Å². The predicted molar refractivity (Wildman–Crippen MR) is 80.3 cm³/mol. The minimum Gasteiger partial charge on any atom is -0.335 e. The number of hydrogen-bond acceptors (Lipinski definition) is 3. The van der Waals surface area contributed by atoms with Crippen LogP contribution in [0.3, 0.4) is 0 Å². The molecule has 1 aliphatic rings. The predicted octanol–water partition coefficient (Wildman–Crippen LogP) is 1.46. The van der Waals surface area contributed by atoms with Crippen molar-refractivity contribution in [2.75, 3.05) is 38.6 Å². The monoisotopic (exact) mass is 298 g/mol. The molecule has 1 aromatic rings. The molecular formula is C14H23ClN4O. The Morgan fingerprint density at radius 2 is 2.00 bits per heavy atom. The normalized spacial score (nSPS) is 16.6. The lowest BCUT2D eigenvalue weighted by Gasteiger charge is -2.34. The van der Waals surface area contributed by atoms with Gasteiger partial charge in [0.2, 0.25) is 0 Å². The zero-order valence-corrected chi connectivity index (χ0v) is 13.1. The van der Waals surface area contributed by atoms with Crippen LogP contribution in [0.1, 0.15) is 30.0 Å². The fourth-order valence-electron chi connectivity index (χ4n) is 2.51. The van der Waals surface area contributed by atoms with Crippen LogP contribution in [0.15, 0.2) is 6.07 Å². The van der Waals surface area contributed by atoms with Crippen molar-refractivity contribution >= 4 is 17.5 Å². The number of carbonyl (C=O) groups excluding carboxylic acids is 1. The number of rotatable bonds is 5. The molecule has 112 valence electrons. The first-order valence-corrected chi connectivity index (χ1v) is 7.87. The summed E-state index contributed by atoms with van der Waals surface area (Å²) in [6.45, 7) is 9.05. The summed E-state index contributed by atoms with van der Waals surface area (Å²) >= 11 is 5.75. The van der Waals surface area contributed by atoms with E-state index in [2.05, 4.69) is 16.9 Å². The van der Waals surface area contributed by atoms with Gasteiger partial charge < -0.3 is 4.90 Å². The maximum absolute atomic E-state index is 12.6. The van der Waals surface area contributed by atoms with Crippen LogP contribution < -0.4 is 0 Å². The number of hydrogen-bond donors (Lipinski definition) is 0. The van der Waals surface area contributed by atoms with Crippen molar-refractivity contribution in [2.45, 2.75) is 26.8 Å². The Morgan fingerprint density at radius 3 is 2.55 bits per heavy atom. The Kier molecular flexibility index (Phi) is 5.43. The summed E-state index contributed by atoms with van der Waals surface area (Å²) in [4.78, 5) is 16.8. The lowest BCUT2D eigenvalue weighted by molar-refractivity contribution is 0.0632. The zero-order chi connectivity index (χ0) is 14.5. The number of carbonyl (C=O) groups is 1. The van der Waals surface area contributed by atoms with E-state index >= 15 is 0 Å². The molecular weight excluding hydrogens is 276 g/mol. The van der Waals surface area contributed by atoms with E-state index in [1.165, 1.54) is 0 Å². The van der Waals surface area contributed by atoms with Gasteiger partial charge in [0.15, 0.2) is 0 Å². The van der Waals surface area contributed by atoms with Gasteiger partial charge in [-0.3, -0.25) is 14.4 Å². The van der Waals surface area contributed by atoms with E-state index in [1.54, 1.807) is 0 Å². The van der Waals surface area contributed by atoms with Crippen LogP contribution in [0.5, 0.6) is 0 Å². The molecule has 1 saturated heterocycles. The van der Waals surface area contributed by atoms with Gasteiger partial charge in [-0.2, -0.15) is 5.10 Å². The first-order chi connectivity index (χ1) is 9.69. The number of halogens is 1. The van der Waals surface area contributed by atoms with Gasteiger partial charge in [0.1, 0.15) is 5.69 Å². The summed E-state index contributed by atoms with van der Waals surface area (Å²) in [6, 6.07) is 1.93. The highest BCUT2D eigenvalue weighted by molar-refractivity contribution is 6.18. The van der Waals surface area contributed by atoms with Crippen molar-refractivity contribution in [1.82, 2.24) is 19.6 Å². The topological polar surface area (TPSA) is 41.4 Å². The number of aromatic nitrogens is 2. The fraction of sp³-hybridized carbons (Fsp3) is 0.714. The first kappa shape index (κ1) is 15.3. The molecule has 0 spiro atoms. The maximum atomic E-state index is 12.6. The molecule has 20 heavy (non-hydrogen) atoms. The Balaban J connectivity index is 2.03. The number of aryl methyl sites for hydroxylation is 2. The van der Waals surface area contributed by atoms with Gasteiger partial charge in [-0.1, -0.05) is 6.92 Å². The molecule has 5 nitrogen and oxygen atoms in total. The van der Waals surface area contributed by atoms with Gasteiger partial charge in [0.05, 0.1) is 5.69 Å². The molecule has 2 rings (SSSR count). The van der Waals surface area contributed by atoms with E-state index in [0.29, 0.717) is 5.88 Å². The Morgan fingerprint density at radius 1 is 1.30 bits per heavy atom. The van der Waals surface area contributed by atoms with Gasteiger partial charge in [-0.05, 0) is 19.4 Å². The van der Waals surface area contributed by atoms with Crippen LogP contribution in [0.25, 0.3) is 0 Å². The highest BCUT2D eigenvalue weighted by atomic mass is 35.5. The standard InChI is InChI=1S/C14H23ClN4O/c1-3-12-11-13(19(4-2)16-12)14(20)18-9-7-17(6-5-15)8-10-18/h11H,3-10H2,1-2H3. The molecule has 1 amide bonds. The van der Waals surface area contributed by atoms with Crippen molar-refractivity contribution in [2.24, 2.45) is 0 Å². The average molecular weight is 299 g/mol. The van der Waals surface area contributed by atoms with Crippen LogP contribution in [-0.4, -0.2) is 64.1 Å². The van der Waals surface area contributed by atoms with Gasteiger partial charge in [0.25, 0.3) is 5.91 Å². The Labute approximate surface area is 125 Å². The molecule has 0 radical (unpaired) electrons. The Bertz CT molecular complexity index is 452. The third kappa shape index (κ3) is 3.33. The summed E-state index contributed by atoms with van der Waals surface area (Å²) in [5, 5.41) is 4.45. The minimum absolute atomic E-state index is 0.101. The van der Waals surface area contributed by atoms with Gasteiger partial charge in [0, 0.05) is 45.1 Å². The lowest BCUT2D eigenvalue weighted by atomic mass is 10.2. The molecule has 1 fully saturated rings. The van der Waals surface area contributed by atoms with E-state index in [1.807, 2.05) is 22.6 Å². The molecule has 0 atom stereocenters. The second kappa shape index (κ2) is 7.09. The minimum atomic E-state index is 0.101. The van der Waals surface area contributed by atoms with E-state index in [9.17, 15) is 4.79 Å². The summed E-state index contributed by atoms with van der Waals surface area (Å²) < 4.78 is 1.81. The highest BCUT2D eigenvalue weighted by Crippen LogP contribution is 2.11. The van der Waals surface area contributed by atoms with E-state index in [0.717, 1.165) is 57.1 Å². The summed E-state index contributed by atoms with van der Waals surface area (Å²) in [5.41, 5.74) is 1.70. The summed E-state index contributed by atoms with van der Waals surface area (Å²) in [6.07, 6.45) is 0.858. The molecule has 0 unspecified atom stereocenters. The smallest absolute Gasteiger partial charge is 0.272 e. The van der Waals surface area contributed by atoms with Crippen molar-refractivity contribution in [1.29, 1.82) is 0 Å². The van der Waals surface area contributed by atoms with Crippen LogP contribution in [0.4, 0.5) is 0 Å². The summed E-state index contributed by atoms with van der Waals surface area (Å²) in [5.74, 6) is 0.751. The number of nitrogens with zero attached hydrogens (tertiary/aromatic N) is 4. The number of alkyl halides is 1. The maximum Gasteiger partial charge on any atom is 0.272 e. The van der Waals surface area contributed by atoms with Gasteiger partial charge in [-0.15, -0.1) is 11.6 Å². The third-order valence-corrected chi connectivity index (χ3v) is 3.94. The Hall–Kier alpha value is -1.07. The first-order valence-electron chi connectivity index (χ1n) is 7.33. The molecule has 0 bridgehead atoms. The van der Waals surface area contributed by atoms with E-state index in [-0.39, 0.29) is 5.91 Å². The largest absolute Gasteiger partial charge is 0.335 e. The highest BCUT2D eigenvalue weighted by Gasteiger charge is 2.24.